The number of carboxylic acid groups (broad SMARTS) is 1. The van der Waals surface area contributed by atoms with E-state index in [1.807, 2.05) is 6.92 Å². The first-order chi connectivity index (χ1) is 15.0. The molecule has 3 saturated carbocycles. The SMILES string of the molecule is CC12CC34CCC(=O)[C@@](C)(CCC(=O)Nc5c(O)ccc(C(=O)O)c5O)C3C(CC1C4)O2. The van der Waals surface area contributed by atoms with Crippen molar-refractivity contribution in [1.82, 2.24) is 0 Å². The second kappa shape index (κ2) is 6.70. The zero-order chi connectivity index (χ0) is 23.1. The second-order valence-electron chi connectivity index (χ2n) is 10.7. The number of phenols is 2. The molecule has 8 nitrogen and oxygen atoms in total. The van der Waals surface area contributed by atoms with E-state index < -0.39 is 34.4 Å². The summed E-state index contributed by atoms with van der Waals surface area (Å²) in [6.45, 7) is 4.17. The fraction of sp³-hybridized carbons (Fsp3) is 0.625. The molecule has 1 amide bonds. The predicted octanol–water partition coefficient (Wildman–Crippen LogP) is 3.46. The molecule has 5 fully saturated rings. The largest absolute Gasteiger partial charge is 0.506 e. The van der Waals surface area contributed by atoms with Crippen LogP contribution in [0.15, 0.2) is 12.1 Å². The zero-order valence-corrected chi connectivity index (χ0v) is 18.3. The molecule has 1 spiro atoms. The number of amides is 1. The normalized spacial score (nSPS) is 39.2. The van der Waals surface area contributed by atoms with Gasteiger partial charge in [-0.25, -0.2) is 4.79 Å². The van der Waals surface area contributed by atoms with Crippen molar-refractivity contribution >= 4 is 23.3 Å². The molecule has 5 aliphatic rings. The molecule has 172 valence electrons. The number of anilines is 1. The van der Waals surface area contributed by atoms with E-state index >= 15 is 0 Å². The van der Waals surface area contributed by atoms with Crippen LogP contribution in [0.2, 0.25) is 0 Å². The summed E-state index contributed by atoms with van der Waals surface area (Å²) in [5, 5.41) is 31.8. The van der Waals surface area contributed by atoms with Crippen LogP contribution in [-0.2, 0) is 14.3 Å². The number of hydrogen-bond acceptors (Lipinski definition) is 6. The number of nitrogens with one attached hydrogen (secondary N) is 1. The van der Waals surface area contributed by atoms with Crippen molar-refractivity contribution in [3.8, 4) is 11.5 Å². The van der Waals surface area contributed by atoms with Gasteiger partial charge in [0.1, 0.15) is 22.8 Å². The van der Waals surface area contributed by atoms with Crippen LogP contribution in [-0.4, -0.2) is 44.7 Å². The number of phenolic OH excluding ortho intramolecular Hbond substituents is 1. The number of carboxylic acids is 1. The van der Waals surface area contributed by atoms with Gasteiger partial charge in [-0.15, -0.1) is 0 Å². The Morgan fingerprint density at radius 3 is 2.69 bits per heavy atom. The average molecular weight is 443 g/mol. The Kier molecular flexibility index (Phi) is 4.45. The van der Waals surface area contributed by atoms with Gasteiger partial charge in [0, 0.05) is 24.2 Å². The van der Waals surface area contributed by atoms with E-state index in [2.05, 4.69) is 12.2 Å². The molecule has 1 aromatic rings. The Morgan fingerprint density at radius 1 is 1.25 bits per heavy atom. The van der Waals surface area contributed by atoms with Gasteiger partial charge in [-0.2, -0.15) is 0 Å². The lowest BCUT2D eigenvalue weighted by atomic mass is 9.48. The molecule has 4 bridgehead atoms. The molecule has 4 N–H and O–H groups in total. The van der Waals surface area contributed by atoms with E-state index in [1.54, 1.807) is 0 Å². The van der Waals surface area contributed by atoms with Gasteiger partial charge in [-0.3, -0.25) is 9.59 Å². The molecule has 5 unspecified atom stereocenters. The summed E-state index contributed by atoms with van der Waals surface area (Å²) in [5.41, 5.74) is -1.40. The summed E-state index contributed by atoms with van der Waals surface area (Å²) >= 11 is 0. The molecular weight excluding hydrogens is 414 g/mol. The van der Waals surface area contributed by atoms with Crippen molar-refractivity contribution in [3.05, 3.63) is 17.7 Å². The topological polar surface area (TPSA) is 133 Å². The highest BCUT2D eigenvalue weighted by atomic mass is 16.5. The summed E-state index contributed by atoms with van der Waals surface area (Å²) in [4.78, 5) is 37.1. The van der Waals surface area contributed by atoms with Crippen LogP contribution in [0, 0.1) is 22.7 Å². The Morgan fingerprint density at radius 2 is 2.00 bits per heavy atom. The van der Waals surface area contributed by atoms with E-state index in [0.29, 0.717) is 18.8 Å². The molecule has 2 aliphatic heterocycles. The highest BCUT2D eigenvalue weighted by molar-refractivity contribution is 5.99. The fourth-order valence-corrected chi connectivity index (χ4v) is 7.60. The molecule has 6 atom stereocenters. The lowest BCUT2D eigenvalue weighted by Gasteiger charge is -2.57. The highest BCUT2D eigenvalue weighted by Crippen LogP contribution is 2.73. The number of benzene rings is 1. The van der Waals surface area contributed by atoms with Gasteiger partial charge in [0.25, 0.3) is 0 Å². The van der Waals surface area contributed by atoms with Gasteiger partial charge in [0.05, 0.1) is 11.7 Å². The second-order valence-corrected chi connectivity index (χ2v) is 10.7. The smallest absolute Gasteiger partial charge is 0.339 e. The fourth-order valence-electron chi connectivity index (χ4n) is 7.60. The summed E-state index contributed by atoms with van der Waals surface area (Å²) < 4.78 is 6.44. The van der Waals surface area contributed by atoms with Crippen LogP contribution < -0.4 is 5.32 Å². The van der Waals surface area contributed by atoms with Gasteiger partial charge in [0.2, 0.25) is 5.91 Å². The molecular formula is C24H29NO7. The standard InChI is InChI=1S/C24H29NO7/c1-22(7-6-17(28)25-18-14(26)4-3-13(19(18)29)21(30)31)16(27)5-8-24-10-12-9-15(20(22)24)32-23(12,2)11-24/h3-4,12,15,20,26,29H,5-11H2,1-2H3,(H,25,28)(H,30,31)/t12?,15?,20?,22-,23?,24?/m1/s1. The Balaban J connectivity index is 1.35. The van der Waals surface area contributed by atoms with Crippen molar-refractivity contribution in [2.75, 3.05) is 5.32 Å². The summed E-state index contributed by atoms with van der Waals surface area (Å²) in [6, 6.07) is 2.17. The molecule has 32 heavy (non-hydrogen) atoms. The maximum Gasteiger partial charge on any atom is 0.339 e. The van der Waals surface area contributed by atoms with Crippen LogP contribution >= 0.6 is 0 Å². The number of ether oxygens (including phenoxy) is 1. The van der Waals surface area contributed by atoms with Gasteiger partial charge in [-0.1, -0.05) is 6.92 Å². The zero-order valence-electron chi connectivity index (χ0n) is 18.3. The number of ketones is 1. The lowest BCUT2D eigenvalue weighted by Crippen LogP contribution is -2.58. The highest BCUT2D eigenvalue weighted by Gasteiger charge is 2.72. The third-order valence-electron chi connectivity index (χ3n) is 8.88. The summed E-state index contributed by atoms with van der Waals surface area (Å²) in [6.07, 6.45) is 4.85. The van der Waals surface area contributed by atoms with Crippen LogP contribution in [0.3, 0.4) is 0 Å². The number of aromatic hydroxyl groups is 2. The first-order valence-corrected chi connectivity index (χ1v) is 11.3. The van der Waals surface area contributed by atoms with E-state index in [1.165, 1.54) is 0 Å². The van der Waals surface area contributed by atoms with Gasteiger partial charge in [0.15, 0.2) is 5.75 Å². The van der Waals surface area contributed by atoms with Crippen molar-refractivity contribution < 1.29 is 34.4 Å². The molecule has 3 aliphatic carbocycles. The monoisotopic (exact) mass is 443 g/mol. The van der Waals surface area contributed by atoms with Crippen LogP contribution in [0.25, 0.3) is 0 Å². The van der Waals surface area contributed by atoms with E-state index in [4.69, 9.17) is 9.84 Å². The minimum atomic E-state index is -1.37. The van der Waals surface area contributed by atoms with Gasteiger partial charge >= 0.3 is 5.97 Å². The number of rotatable bonds is 5. The Labute approximate surface area is 186 Å². The van der Waals surface area contributed by atoms with Crippen molar-refractivity contribution in [3.63, 3.8) is 0 Å². The number of carbonyl (C=O) groups excluding carboxylic acids is 2. The van der Waals surface area contributed by atoms with Crippen molar-refractivity contribution in [2.24, 2.45) is 22.7 Å². The van der Waals surface area contributed by atoms with Gasteiger partial charge < -0.3 is 25.4 Å². The van der Waals surface area contributed by atoms with Crippen molar-refractivity contribution in [1.29, 1.82) is 0 Å². The third-order valence-corrected chi connectivity index (χ3v) is 8.88. The predicted molar refractivity (Wildman–Crippen MR) is 113 cm³/mol. The molecule has 2 saturated heterocycles. The molecule has 6 rings (SSSR count). The maximum atomic E-state index is 13.2. The molecule has 0 radical (unpaired) electrons. The minimum absolute atomic E-state index is 0.0123. The average Bonchev–Trinajstić information content (AvgIpc) is 3.08. The van der Waals surface area contributed by atoms with Gasteiger partial charge in [-0.05, 0) is 62.5 Å². The van der Waals surface area contributed by atoms with Crippen LogP contribution in [0.5, 0.6) is 11.5 Å². The minimum Gasteiger partial charge on any atom is -0.506 e. The van der Waals surface area contributed by atoms with E-state index in [0.717, 1.165) is 37.8 Å². The summed E-state index contributed by atoms with van der Waals surface area (Å²) in [7, 11) is 0. The lowest BCUT2D eigenvalue weighted by molar-refractivity contribution is -0.191. The van der Waals surface area contributed by atoms with Crippen LogP contribution in [0.4, 0.5) is 5.69 Å². The van der Waals surface area contributed by atoms with Crippen molar-refractivity contribution in [2.45, 2.75) is 70.5 Å². The van der Waals surface area contributed by atoms with E-state index in [-0.39, 0.29) is 40.9 Å². The van der Waals surface area contributed by atoms with Crippen LogP contribution in [0.1, 0.15) is 69.2 Å². The number of carbonyl (C=O) groups is 3. The number of Topliss-reactive ketones (excluding diaryl/α,β-unsaturated/α-hetero) is 1. The first kappa shape index (κ1) is 21.2. The molecule has 0 aromatic heterocycles. The first-order valence-electron chi connectivity index (χ1n) is 11.3. The maximum absolute atomic E-state index is 13.2. The summed E-state index contributed by atoms with van der Waals surface area (Å²) in [5.74, 6) is -2.18. The quantitative estimate of drug-likeness (QED) is 0.512. The molecule has 1 aromatic carbocycles. The Hall–Kier alpha value is -2.61. The molecule has 2 heterocycles. The van der Waals surface area contributed by atoms with E-state index in [9.17, 15) is 24.6 Å². The Bertz CT molecular complexity index is 1040. The molecule has 8 heteroatoms. The number of aromatic carboxylic acids is 1. The number of hydrogen-bond donors (Lipinski definition) is 4. The third kappa shape index (κ3) is 2.81.